The maximum Gasteiger partial charge on any atom is 0.0264 e. The van der Waals surface area contributed by atoms with Crippen molar-refractivity contribution in [2.45, 2.75) is 69.1 Å². The van der Waals surface area contributed by atoms with E-state index in [-0.39, 0.29) is 0 Å². The van der Waals surface area contributed by atoms with Crippen LogP contribution in [-0.2, 0) is 25.7 Å². The number of hydrogen-bond acceptors (Lipinski definition) is 5. The third kappa shape index (κ3) is 10.6. The Balaban J connectivity index is 1.04. The average Bonchev–Trinajstić information content (AvgIpc) is 3.60. The minimum atomic E-state index is 0.512. The van der Waals surface area contributed by atoms with E-state index in [1.807, 2.05) is 0 Å². The highest BCUT2D eigenvalue weighted by Gasteiger charge is 2.35. The number of rotatable bonds is 15. The molecule has 3 aliphatic rings. The molecule has 3 fully saturated rings. The standard InChI is InChI=1S/C45H58BrN5/c46-41-21-10-19-37(29-41)20-11-24-48-27-28-51(35-44(48)31-39-15-6-2-7-16-39)45(32-40-17-8-3-9-18-40)36-49-25-12-22-42(49)34-50-26-23-47-33-43(50)30-38-13-4-1-5-14-38/h1-10,13-19,21,29,42-45,47H,11-12,20,22-28,30-36H2/t42?,43-,44-,45-/m0/s1. The summed E-state index contributed by atoms with van der Waals surface area (Å²) >= 11 is 3.67. The van der Waals surface area contributed by atoms with E-state index < -0.39 is 0 Å². The fourth-order valence-electron chi connectivity index (χ4n) is 9.01. The zero-order valence-electron chi connectivity index (χ0n) is 30.5. The second kappa shape index (κ2) is 18.8. The topological polar surface area (TPSA) is 25.0 Å². The van der Waals surface area contributed by atoms with Crippen molar-refractivity contribution in [3.05, 3.63) is 142 Å². The molecule has 0 bridgehead atoms. The number of nitrogens with one attached hydrogen (secondary N) is 1. The predicted molar refractivity (Wildman–Crippen MR) is 216 cm³/mol. The van der Waals surface area contributed by atoms with Gasteiger partial charge in [0.1, 0.15) is 0 Å². The molecule has 4 atom stereocenters. The van der Waals surface area contributed by atoms with Crippen molar-refractivity contribution in [3.8, 4) is 0 Å². The molecule has 3 heterocycles. The van der Waals surface area contributed by atoms with Gasteiger partial charge in [0.25, 0.3) is 0 Å². The number of halogens is 1. The van der Waals surface area contributed by atoms with Crippen LogP contribution >= 0.6 is 15.9 Å². The first-order valence-corrected chi connectivity index (χ1v) is 20.5. The summed E-state index contributed by atoms with van der Waals surface area (Å²) in [5.74, 6) is 0. The van der Waals surface area contributed by atoms with Crippen molar-refractivity contribution >= 4 is 15.9 Å². The molecule has 4 aromatic carbocycles. The second-order valence-corrected chi connectivity index (χ2v) is 16.2. The van der Waals surface area contributed by atoms with E-state index >= 15 is 0 Å². The van der Waals surface area contributed by atoms with E-state index in [9.17, 15) is 0 Å². The van der Waals surface area contributed by atoms with E-state index in [1.54, 1.807) is 0 Å². The minimum Gasteiger partial charge on any atom is -0.314 e. The highest BCUT2D eigenvalue weighted by molar-refractivity contribution is 9.10. The highest BCUT2D eigenvalue weighted by Crippen LogP contribution is 2.26. The number of piperazine rings is 2. The van der Waals surface area contributed by atoms with Crippen LogP contribution in [0.4, 0.5) is 0 Å². The molecule has 0 spiro atoms. The van der Waals surface area contributed by atoms with Gasteiger partial charge in [-0.15, -0.1) is 0 Å². The number of benzene rings is 4. The zero-order chi connectivity index (χ0) is 34.7. The summed E-state index contributed by atoms with van der Waals surface area (Å²) in [6.07, 6.45) is 8.34. The fourth-order valence-corrected chi connectivity index (χ4v) is 9.46. The lowest BCUT2D eigenvalue weighted by Crippen LogP contribution is -2.60. The van der Waals surface area contributed by atoms with Crippen LogP contribution in [0.2, 0.25) is 0 Å². The van der Waals surface area contributed by atoms with Crippen LogP contribution in [-0.4, -0.2) is 109 Å². The van der Waals surface area contributed by atoms with Gasteiger partial charge in [0.15, 0.2) is 0 Å². The third-order valence-electron chi connectivity index (χ3n) is 11.8. The molecule has 270 valence electrons. The molecule has 3 aliphatic heterocycles. The lowest BCUT2D eigenvalue weighted by Gasteiger charge is -2.46. The normalized spacial score (nSPS) is 23.0. The molecule has 5 nitrogen and oxygen atoms in total. The van der Waals surface area contributed by atoms with Gasteiger partial charge in [0.05, 0.1) is 0 Å². The van der Waals surface area contributed by atoms with Gasteiger partial charge in [-0.05, 0) is 92.4 Å². The van der Waals surface area contributed by atoms with E-state index in [2.05, 4.69) is 156 Å². The summed E-state index contributed by atoms with van der Waals surface area (Å²) in [5, 5.41) is 3.70. The molecule has 0 radical (unpaired) electrons. The van der Waals surface area contributed by atoms with Gasteiger partial charge in [0.2, 0.25) is 0 Å². The van der Waals surface area contributed by atoms with Gasteiger partial charge in [0, 0.05) is 81.0 Å². The summed E-state index contributed by atoms with van der Waals surface area (Å²) in [4.78, 5) is 11.4. The van der Waals surface area contributed by atoms with Gasteiger partial charge in [-0.2, -0.15) is 0 Å². The maximum absolute atomic E-state index is 3.70. The van der Waals surface area contributed by atoms with E-state index in [4.69, 9.17) is 0 Å². The summed E-state index contributed by atoms with van der Waals surface area (Å²) in [6, 6.07) is 44.8. The molecule has 4 aromatic rings. The number of aryl methyl sites for hydroxylation is 1. The molecule has 0 aromatic heterocycles. The SMILES string of the molecule is Brc1cccc(CCCN2CCN([C@@H](Cc3ccccc3)CN3CCCC3CN3CCNC[C@@H]3Cc3ccccc3)C[C@@H]2Cc2ccccc2)c1. The molecule has 1 N–H and O–H groups in total. The number of likely N-dealkylation sites (tertiary alicyclic amines) is 1. The molecule has 1 unspecified atom stereocenters. The summed E-state index contributed by atoms with van der Waals surface area (Å²) < 4.78 is 1.18. The first-order chi connectivity index (χ1) is 25.2. The summed E-state index contributed by atoms with van der Waals surface area (Å²) in [5.41, 5.74) is 5.82. The molecule has 7 rings (SSSR count). The lowest BCUT2D eigenvalue weighted by atomic mass is 9.97. The van der Waals surface area contributed by atoms with Crippen molar-refractivity contribution in [1.82, 2.24) is 24.9 Å². The van der Waals surface area contributed by atoms with Crippen LogP contribution in [0.5, 0.6) is 0 Å². The molecule has 0 saturated carbocycles. The van der Waals surface area contributed by atoms with Gasteiger partial charge < -0.3 is 5.32 Å². The summed E-state index contributed by atoms with van der Waals surface area (Å²) in [7, 11) is 0. The lowest BCUT2D eigenvalue weighted by molar-refractivity contribution is 0.0289. The van der Waals surface area contributed by atoms with Gasteiger partial charge in [-0.3, -0.25) is 19.6 Å². The largest absolute Gasteiger partial charge is 0.314 e. The first-order valence-electron chi connectivity index (χ1n) is 19.7. The molecule has 6 heteroatoms. The van der Waals surface area contributed by atoms with E-state index in [0.717, 1.165) is 78.0 Å². The molecule has 3 saturated heterocycles. The van der Waals surface area contributed by atoms with Crippen LogP contribution < -0.4 is 5.32 Å². The van der Waals surface area contributed by atoms with E-state index in [1.165, 1.54) is 59.1 Å². The molecular formula is C45H58BrN5. The van der Waals surface area contributed by atoms with Crippen LogP contribution in [0.3, 0.4) is 0 Å². The Morgan fingerprint density at radius 2 is 1.33 bits per heavy atom. The zero-order valence-corrected chi connectivity index (χ0v) is 32.1. The van der Waals surface area contributed by atoms with Crippen LogP contribution in [0.15, 0.2) is 120 Å². The monoisotopic (exact) mass is 747 g/mol. The molecule has 51 heavy (non-hydrogen) atoms. The second-order valence-electron chi connectivity index (χ2n) is 15.3. The van der Waals surface area contributed by atoms with Crippen molar-refractivity contribution < 1.29 is 0 Å². The number of nitrogens with zero attached hydrogens (tertiary/aromatic N) is 4. The smallest absolute Gasteiger partial charge is 0.0264 e. The van der Waals surface area contributed by atoms with Crippen LogP contribution in [0, 0.1) is 0 Å². The van der Waals surface area contributed by atoms with Crippen LogP contribution in [0.1, 0.15) is 41.5 Å². The van der Waals surface area contributed by atoms with Crippen LogP contribution in [0.25, 0.3) is 0 Å². The van der Waals surface area contributed by atoms with Crippen molar-refractivity contribution in [3.63, 3.8) is 0 Å². The van der Waals surface area contributed by atoms with Crippen molar-refractivity contribution in [1.29, 1.82) is 0 Å². The van der Waals surface area contributed by atoms with Crippen molar-refractivity contribution in [2.24, 2.45) is 0 Å². The average molecular weight is 749 g/mol. The van der Waals surface area contributed by atoms with Gasteiger partial charge >= 0.3 is 0 Å². The Hall–Kier alpha value is -2.84. The molecule has 0 aliphatic carbocycles. The van der Waals surface area contributed by atoms with Crippen molar-refractivity contribution in [2.75, 3.05) is 65.4 Å². The predicted octanol–water partition coefficient (Wildman–Crippen LogP) is 7.20. The Morgan fingerprint density at radius 3 is 2.06 bits per heavy atom. The highest BCUT2D eigenvalue weighted by atomic mass is 79.9. The molecular weight excluding hydrogens is 690 g/mol. The third-order valence-corrected chi connectivity index (χ3v) is 12.2. The van der Waals surface area contributed by atoms with Gasteiger partial charge in [-0.1, -0.05) is 119 Å². The van der Waals surface area contributed by atoms with E-state index in [0.29, 0.717) is 24.2 Å². The fraction of sp³-hybridized carbons (Fsp3) is 0.467. The molecule has 0 amide bonds. The quantitative estimate of drug-likeness (QED) is 0.139. The number of hydrogen-bond donors (Lipinski definition) is 1. The Morgan fingerprint density at radius 1 is 0.647 bits per heavy atom. The minimum absolute atomic E-state index is 0.512. The summed E-state index contributed by atoms with van der Waals surface area (Å²) in [6.45, 7) is 11.5. The Kier molecular flexibility index (Phi) is 13.4. The van der Waals surface area contributed by atoms with Gasteiger partial charge in [-0.25, -0.2) is 0 Å². The Bertz CT molecular complexity index is 1590. The first kappa shape index (κ1) is 36.5. The Labute approximate surface area is 316 Å². The maximum atomic E-state index is 3.70.